The van der Waals surface area contributed by atoms with E-state index in [1.165, 1.54) is 18.4 Å². The van der Waals surface area contributed by atoms with Gasteiger partial charge in [-0.05, 0) is 73.9 Å². The van der Waals surface area contributed by atoms with Crippen LogP contribution in [-0.2, 0) is 15.4 Å². The largest absolute Gasteiger partial charge is 0.384 e. The summed E-state index contributed by atoms with van der Waals surface area (Å²) < 4.78 is 40.4. The van der Waals surface area contributed by atoms with Crippen LogP contribution in [0.1, 0.15) is 25.1 Å². The fourth-order valence-corrected chi connectivity index (χ4v) is 4.67. The number of rotatable bonds is 5. The highest BCUT2D eigenvalue weighted by Crippen LogP contribution is 2.35. The molecule has 0 spiro atoms. The number of imidazole rings is 1. The molecule has 4 rings (SSSR count). The molecule has 0 bridgehead atoms. The Morgan fingerprint density at radius 1 is 1.03 bits per heavy atom. The third kappa shape index (κ3) is 4.64. The van der Waals surface area contributed by atoms with E-state index >= 15 is 0 Å². The van der Waals surface area contributed by atoms with Crippen molar-refractivity contribution in [2.24, 2.45) is 0 Å². The Bertz CT molecular complexity index is 1480. The third-order valence-corrected chi connectivity index (χ3v) is 7.00. The highest BCUT2D eigenvalue weighted by atomic mass is 35.5. The van der Waals surface area contributed by atoms with Crippen LogP contribution in [0.15, 0.2) is 71.8 Å². The standard InChI is InChI=1S/C26H24ClFN2O3S/c1-16-13-18(17-7-5-8-19(14-17)34(4,32)33)11-12-22(16)30-15-23(26(2,3)31)29-25(30)24-20(27)9-6-10-21(24)28/h5-15,31H,1-4H3. The molecule has 0 aliphatic rings. The fraction of sp³-hybridized carbons (Fsp3) is 0.192. The van der Waals surface area contributed by atoms with Gasteiger partial charge in [-0.25, -0.2) is 17.8 Å². The number of hydrogen-bond donors (Lipinski definition) is 1. The highest BCUT2D eigenvalue weighted by molar-refractivity contribution is 7.90. The summed E-state index contributed by atoms with van der Waals surface area (Å²) in [5.41, 5.74) is 2.42. The number of sulfone groups is 1. The van der Waals surface area contributed by atoms with E-state index in [0.717, 1.165) is 22.4 Å². The Labute approximate surface area is 203 Å². The predicted octanol–water partition coefficient (Wildman–Crippen LogP) is 5.94. The topological polar surface area (TPSA) is 72.2 Å². The monoisotopic (exact) mass is 498 g/mol. The molecule has 176 valence electrons. The van der Waals surface area contributed by atoms with Gasteiger partial charge >= 0.3 is 0 Å². The van der Waals surface area contributed by atoms with Crippen molar-refractivity contribution in [1.29, 1.82) is 0 Å². The summed E-state index contributed by atoms with van der Waals surface area (Å²) in [6.45, 7) is 5.12. The van der Waals surface area contributed by atoms with Crippen LogP contribution < -0.4 is 0 Å². The van der Waals surface area contributed by atoms with Crippen LogP contribution in [0.4, 0.5) is 4.39 Å². The maximum absolute atomic E-state index is 14.8. The molecule has 0 amide bonds. The van der Waals surface area contributed by atoms with Gasteiger partial charge in [0.1, 0.15) is 17.2 Å². The van der Waals surface area contributed by atoms with Gasteiger partial charge < -0.3 is 5.11 Å². The molecule has 1 heterocycles. The Morgan fingerprint density at radius 2 is 1.71 bits per heavy atom. The van der Waals surface area contributed by atoms with Crippen molar-refractivity contribution in [3.05, 3.63) is 89.0 Å². The van der Waals surface area contributed by atoms with Crippen LogP contribution in [-0.4, -0.2) is 29.3 Å². The number of halogens is 2. The van der Waals surface area contributed by atoms with Crippen LogP contribution in [0.3, 0.4) is 0 Å². The van der Waals surface area contributed by atoms with E-state index in [9.17, 15) is 17.9 Å². The lowest BCUT2D eigenvalue weighted by atomic mass is 10.0. The lowest BCUT2D eigenvalue weighted by Gasteiger charge is -2.14. The molecular formula is C26H24ClFN2O3S. The van der Waals surface area contributed by atoms with Gasteiger partial charge in [0.25, 0.3) is 0 Å². The zero-order chi connectivity index (χ0) is 24.8. The zero-order valence-corrected chi connectivity index (χ0v) is 20.7. The highest BCUT2D eigenvalue weighted by Gasteiger charge is 2.26. The minimum atomic E-state index is -3.33. The van der Waals surface area contributed by atoms with Gasteiger partial charge in [-0.1, -0.05) is 35.9 Å². The lowest BCUT2D eigenvalue weighted by Crippen LogP contribution is -2.15. The van der Waals surface area contributed by atoms with Crippen molar-refractivity contribution in [1.82, 2.24) is 9.55 Å². The van der Waals surface area contributed by atoms with E-state index in [2.05, 4.69) is 4.98 Å². The summed E-state index contributed by atoms with van der Waals surface area (Å²) in [5.74, 6) is -0.247. The maximum atomic E-state index is 14.8. The molecule has 0 unspecified atom stereocenters. The number of aromatic nitrogens is 2. The van der Waals surface area contributed by atoms with Crippen LogP contribution in [0.2, 0.25) is 5.02 Å². The summed E-state index contributed by atoms with van der Waals surface area (Å²) in [6.07, 6.45) is 2.85. The Balaban J connectivity index is 1.88. The SMILES string of the molecule is Cc1cc(-c2cccc(S(C)(=O)=O)c2)ccc1-n1cc(C(C)(C)O)nc1-c1c(F)cccc1Cl. The average Bonchev–Trinajstić information content (AvgIpc) is 3.18. The summed E-state index contributed by atoms with van der Waals surface area (Å²) >= 11 is 6.34. The summed E-state index contributed by atoms with van der Waals surface area (Å²) in [7, 11) is -3.33. The Hall–Kier alpha value is -3.00. The summed E-state index contributed by atoms with van der Waals surface area (Å²) in [4.78, 5) is 4.78. The second-order valence-corrected chi connectivity index (χ2v) is 11.2. The zero-order valence-electron chi connectivity index (χ0n) is 19.2. The third-order valence-electron chi connectivity index (χ3n) is 5.57. The second kappa shape index (κ2) is 8.65. The lowest BCUT2D eigenvalue weighted by molar-refractivity contribution is 0.0743. The van der Waals surface area contributed by atoms with E-state index in [1.807, 2.05) is 31.2 Å². The molecule has 4 aromatic rings. The maximum Gasteiger partial charge on any atom is 0.175 e. The van der Waals surface area contributed by atoms with Crippen molar-refractivity contribution in [3.63, 3.8) is 0 Å². The molecule has 8 heteroatoms. The summed E-state index contributed by atoms with van der Waals surface area (Å²) in [6, 6.07) is 16.8. The van der Waals surface area contributed by atoms with E-state index in [-0.39, 0.29) is 21.3 Å². The molecule has 0 aliphatic carbocycles. The molecule has 0 aliphatic heterocycles. The van der Waals surface area contributed by atoms with Crippen LogP contribution >= 0.6 is 11.6 Å². The summed E-state index contributed by atoms with van der Waals surface area (Å²) in [5, 5.41) is 10.8. The minimum Gasteiger partial charge on any atom is -0.384 e. The minimum absolute atomic E-state index is 0.143. The molecule has 0 atom stereocenters. The van der Waals surface area contributed by atoms with Crippen molar-refractivity contribution in [2.75, 3.05) is 6.26 Å². The van der Waals surface area contributed by atoms with Crippen LogP contribution in [0.5, 0.6) is 0 Å². The molecule has 0 saturated heterocycles. The molecule has 0 fully saturated rings. The van der Waals surface area contributed by atoms with E-state index < -0.39 is 21.3 Å². The van der Waals surface area contributed by atoms with Crippen molar-refractivity contribution >= 4 is 21.4 Å². The van der Waals surface area contributed by atoms with E-state index in [4.69, 9.17) is 11.6 Å². The molecule has 3 aromatic carbocycles. The second-order valence-electron chi connectivity index (χ2n) is 8.78. The average molecular weight is 499 g/mol. The smallest absolute Gasteiger partial charge is 0.175 e. The van der Waals surface area contributed by atoms with Gasteiger partial charge in [-0.15, -0.1) is 0 Å². The van der Waals surface area contributed by atoms with E-state index in [0.29, 0.717) is 5.69 Å². The predicted molar refractivity (Wildman–Crippen MR) is 132 cm³/mol. The van der Waals surface area contributed by atoms with Gasteiger partial charge in [0.05, 0.1) is 26.9 Å². The molecule has 1 N–H and O–H groups in total. The van der Waals surface area contributed by atoms with Gasteiger partial charge in [-0.3, -0.25) is 4.57 Å². The normalized spacial score (nSPS) is 12.2. The quantitative estimate of drug-likeness (QED) is 0.369. The first-order chi connectivity index (χ1) is 15.9. The van der Waals surface area contributed by atoms with Crippen molar-refractivity contribution in [2.45, 2.75) is 31.3 Å². The Kier molecular flexibility index (Phi) is 6.14. The number of aliphatic hydroxyl groups is 1. The van der Waals surface area contributed by atoms with Crippen LogP contribution in [0.25, 0.3) is 28.2 Å². The van der Waals surface area contributed by atoms with Gasteiger partial charge in [0, 0.05) is 12.5 Å². The number of aryl methyl sites for hydroxylation is 1. The molecule has 34 heavy (non-hydrogen) atoms. The van der Waals surface area contributed by atoms with Crippen LogP contribution in [0, 0.1) is 12.7 Å². The van der Waals surface area contributed by atoms with Gasteiger partial charge in [-0.2, -0.15) is 0 Å². The first kappa shape index (κ1) is 24.1. The molecule has 0 saturated carbocycles. The first-order valence-corrected chi connectivity index (χ1v) is 12.8. The van der Waals surface area contributed by atoms with Gasteiger partial charge in [0.15, 0.2) is 9.84 Å². The fourth-order valence-electron chi connectivity index (χ4n) is 3.76. The van der Waals surface area contributed by atoms with Gasteiger partial charge in [0.2, 0.25) is 0 Å². The Morgan fingerprint density at radius 3 is 2.32 bits per heavy atom. The van der Waals surface area contributed by atoms with Crippen molar-refractivity contribution < 1.29 is 17.9 Å². The number of nitrogens with zero attached hydrogens (tertiary/aromatic N) is 2. The molecule has 0 radical (unpaired) electrons. The molecule has 1 aromatic heterocycles. The number of hydrogen-bond acceptors (Lipinski definition) is 4. The van der Waals surface area contributed by atoms with Crippen molar-refractivity contribution in [3.8, 4) is 28.2 Å². The molecule has 5 nitrogen and oxygen atoms in total. The van der Waals surface area contributed by atoms with E-state index in [1.54, 1.807) is 48.9 Å². The number of benzene rings is 3. The first-order valence-electron chi connectivity index (χ1n) is 10.5. The molecular weight excluding hydrogens is 475 g/mol.